The lowest BCUT2D eigenvalue weighted by molar-refractivity contribution is 0.102. The van der Waals surface area contributed by atoms with Gasteiger partial charge in [0.25, 0.3) is 5.91 Å². The number of carbonyl (C=O) groups excluding carboxylic acids is 2. The Labute approximate surface area is 196 Å². The van der Waals surface area contributed by atoms with Gasteiger partial charge in [0.2, 0.25) is 0 Å². The largest absolute Gasteiger partial charge is 0.370 e. The van der Waals surface area contributed by atoms with Crippen molar-refractivity contribution in [1.29, 1.82) is 0 Å². The van der Waals surface area contributed by atoms with E-state index in [0.717, 1.165) is 41.7 Å². The van der Waals surface area contributed by atoms with E-state index in [1.165, 1.54) is 0 Å². The Bertz CT molecular complexity index is 1140. The van der Waals surface area contributed by atoms with Gasteiger partial charge in [0, 0.05) is 34.5 Å². The van der Waals surface area contributed by atoms with Gasteiger partial charge in [0.15, 0.2) is 0 Å². The summed E-state index contributed by atoms with van der Waals surface area (Å²) in [5.41, 5.74) is 4.52. The van der Waals surface area contributed by atoms with Crippen LogP contribution >= 0.6 is 15.9 Å². The Kier molecular flexibility index (Phi) is 6.75. The molecule has 1 aliphatic rings. The third-order valence-electron chi connectivity index (χ3n) is 5.31. The smallest absolute Gasteiger partial charge is 0.323 e. The van der Waals surface area contributed by atoms with Crippen molar-refractivity contribution in [2.45, 2.75) is 19.8 Å². The molecule has 32 heavy (non-hydrogen) atoms. The molecule has 0 unspecified atom stereocenters. The summed E-state index contributed by atoms with van der Waals surface area (Å²) in [6, 6.07) is 20.1. The molecule has 0 bridgehead atoms. The highest BCUT2D eigenvalue weighted by atomic mass is 79.9. The molecular weight excluding hydrogens is 468 g/mol. The van der Waals surface area contributed by atoms with E-state index in [9.17, 15) is 9.59 Å². The van der Waals surface area contributed by atoms with Gasteiger partial charge in [0.1, 0.15) is 0 Å². The van der Waals surface area contributed by atoms with Gasteiger partial charge in [-0.25, -0.2) is 4.79 Å². The van der Waals surface area contributed by atoms with Gasteiger partial charge >= 0.3 is 6.03 Å². The van der Waals surface area contributed by atoms with Crippen LogP contribution in [0.15, 0.2) is 71.2 Å². The number of hydrogen-bond acceptors (Lipinski definition) is 3. The summed E-state index contributed by atoms with van der Waals surface area (Å²) in [6.45, 7) is 3.83. The van der Waals surface area contributed by atoms with Gasteiger partial charge in [-0.3, -0.25) is 4.79 Å². The van der Waals surface area contributed by atoms with Gasteiger partial charge in [-0.05, 0) is 68.3 Å². The normalized spacial score (nSPS) is 13.0. The van der Waals surface area contributed by atoms with Crippen molar-refractivity contribution < 1.29 is 9.59 Å². The standard InChI is InChI=1S/C25H25BrN4O2/c1-17-6-4-7-18(14-17)24(31)27-21-10-11-23(30-12-2-3-13-30)22(16-21)29-25(32)28-20-9-5-8-19(26)15-20/h4-11,14-16H,2-3,12-13H2,1H3,(H,27,31)(H2,28,29,32). The summed E-state index contributed by atoms with van der Waals surface area (Å²) >= 11 is 3.41. The Morgan fingerprint density at radius 2 is 1.59 bits per heavy atom. The van der Waals surface area contributed by atoms with Gasteiger partial charge in [-0.1, -0.05) is 39.7 Å². The van der Waals surface area contributed by atoms with Crippen LogP contribution in [0, 0.1) is 6.92 Å². The average molecular weight is 493 g/mol. The van der Waals surface area contributed by atoms with Crippen LogP contribution in [-0.2, 0) is 0 Å². The van der Waals surface area contributed by atoms with Crippen LogP contribution in [0.1, 0.15) is 28.8 Å². The van der Waals surface area contributed by atoms with Crippen molar-refractivity contribution in [2.24, 2.45) is 0 Å². The fraction of sp³-hybridized carbons (Fsp3) is 0.200. The quantitative estimate of drug-likeness (QED) is 0.393. The molecule has 1 fully saturated rings. The molecule has 4 rings (SSSR count). The van der Waals surface area contributed by atoms with E-state index in [4.69, 9.17) is 0 Å². The number of aryl methyl sites for hydroxylation is 1. The Balaban J connectivity index is 1.55. The van der Waals surface area contributed by atoms with Gasteiger partial charge in [-0.2, -0.15) is 0 Å². The fourth-order valence-corrected chi connectivity index (χ4v) is 4.19. The summed E-state index contributed by atoms with van der Waals surface area (Å²) in [5.74, 6) is -0.188. The monoisotopic (exact) mass is 492 g/mol. The lowest BCUT2D eigenvalue weighted by atomic mass is 10.1. The van der Waals surface area contributed by atoms with Crippen molar-refractivity contribution in [2.75, 3.05) is 33.9 Å². The summed E-state index contributed by atoms with van der Waals surface area (Å²) < 4.78 is 0.883. The predicted octanol–water partition coefficient (Wildman–Crippen LogP) is 6.25. The molecule has 1 heterocycles. The zero-order valence-electron chi connectivity index (χ0n) is 17.8. The molecule has 7 heteroatoms. The van der Waals surface area contributed by atoms with Crippen molar-refractivity contribution in [3.05, 3.63) is 82.3 Å². The number of urea groups is 1. The second kappa shape index (κ2) is 9.87. The molecule has 0 saturated carbocycles. The first-order chi connectivity index (χ1) is 15.5. The van der Waals surface area contributed by atoms with Gasteiger partial charge in [-0.15, -0.1) is 0 Å². The minimum Gasteiger partial charge on any atom is -0.370 e. The molecule has 0 spiro atoms. The van der Waals surface area contributed by atoms with E-state index in [1.807, 2.05) is 67.6 Å². The first kappa shape index (κ1) is 21.9. The van der Waals surface area contributed by atoms with E-state index in [0.29, 0.717) is 22.6 Å². The highest BCUT2D eigenvalue weighted by Gasteiger charge is 2.18. The minimum absolute atomic E-state index is 0.188. The molecule has 3 N–H and O–H groups in total. The topological polar surface area (TPSA) is 73.5 Å². The molecule has 1 saturated heterocycles. The van der Waals surface area contributed by atoms with Crippen molar-refractivity contribution in [3.8, 4) is 0 Å². The van der Waals surface area contributed by atoms with E-state index in [1.54, 1.807) is 6.07 Å². The Hall–Kier alpha value is -3.32. The molecule has 3 amide bonds. The summed E-state index contributed by atoms with van der Waals surface area (Å²) in [5, 5.41) is 8.75. The maximum Gasteiger partial charge on any atom is 0.323 e. The second-order valence-electron chi connectivity index (χ2n) is 7.84. The summed E-state index contributed by atoms with van der Waals surface area (Å²) in [7, 11) is 0. The fourth-order valence-electron chi connectivity index (χ4n) is 3.79. The highest BCUT2D eigenvalue weighted by Crippen LogP contribution is 2.32. The molecule has 0 atom stereocenters. The van der Waals surface area contributed by atoms with Crippen LogP contribution in [0.25, 0.3) is 0 Å². The van der Waals surface area contributed by atoms with E-state index < -0.39 is 0 Å². The number of hydrogen-bond donors (Lipinski definition) is 3. The predicted molar refractivity (Wildman–Crippen MR) is 134 cm³/mol. The first-order valence-corrected chi connectivity index (χ1v) is 11.4. The van der Waals surface area contributed by atoms with Crippen LogP contribution in [0.5, 0.6) is 0 Å². The number of nitrogens with one attached hydrogen (secondary N) is 3. The van der Waals surface area contributed by atoms with Crippen LogP contribution < -0.4 is 20.9 Å². The number of carbonyl (C=O) groups is 2. The summed E-state index contributed by atoms with van der Waals surface area (Å²) in [4.78, 5) is 27.6. The molecule has 0 aromatic heterocycles. The van der Waals surface area contributed by atoms with Gasteiger partial charge < -0.3 is 20.9 Å². The van der Waals surface area contributed by atoms with Crippen molar-refractivity contribution in [3.63, 3.8) is 0 Å². The number of rotatable bonds is 5. The van der Waals surface area contributed by atoms with Gasteiger partial charge in [0.05, 0.1) is 11.4 Å². The first-order valence-electron chi connectivity index (χ1n) is 10.6. The summed E-state index contributed by atoms with van der Waals surface area (Å²) in [6.07, 6.45) is 2.24. The van der Waals surface area contributed by atoms with Crippen molar-refractivity contribution >= 4 is 50.6 Å². The molecule has 0 aliphatic carbocycles. The number of anilines is 4. The number of amides is 3. The Morgan fingerprint density at radius 3 is 2.34 bits per heavy atom. The van der Waals surface area contributed by atoms with Crippen molar-refractivity contribution in [1.82, 2.24) is 0 Å². The maximum atomic E-state index is 12.7. The zero-order chi connectivity index (χ0) is 22.5. The second-order valence-corrected chi connectivity index (χ2v) is 8.75. The van der Waals surface area contributed by atoms with Crippen LogP contribution in [0.2, 0.25) is 0 Å². The molecule has 6 nitrogen and oxygen atoms in total. The highest BCUT2D eigenvalue weighted by molar-refractivity contribution is 9.10. The van der Waals surface area contributed by atoms with E-state index in [2.05, 4.69) is 36.8 Å². The molecule has 1 aliphatic heterocycles. The maximum absolute atomic E-state index is 12.7. The molecule has 3 aromatic rings. The molecule has 164 valence electrons. The van der Waals surface area contributed by atoms with Crippen LogP contribution in [0.3, 0.4) is 0 Å². The van der Waals surface area contributed by atoms with Crippen LogP contribution in [-0.4, -0.2) is 25.0 Å². The minimum atomic E-state index is -0.342. The third kappa shape index (κ3) is 5.48. The number of nitrogens with zero attached hydrogens (tertiary/aromatic N) is 1. The lowest BCUT2D eigenvalue weighted by Crippen LogP contribution is -2.24. The zero-order valence-corrected chi connectivity index (χ0v) is 19.4. The van der Waals surface area contributed by atoms with E-state index in [-0.39, 0.29) is 11.9 Å². The van der Waals surface area contributed by atoms with Crippen LogP contribution in [0.4, 0.5) is 27.5 Å². The SMILES string of the molecule is Cc1cccc(C(=O)Nc2ccc(N3CCCC3)c(NC(=O)Nc3cccc(Br)c3)c2)c1. The number of halogens is 1. The number of benzene rings is 3. The molecule has 3 aromatic carbocycles. The Morgan fingerprint density at radius 1 is 0.844 bits per heavy atom. The molecular formula is C25H25BrN4O2. The molecule has 0 radical (unpaired) electrons. The average Bonchev–Trinajstić information content (AvgIpc) is 3.28. The lowest BCUT2D eigenvalue weighted by Gasteiger charge is -2.22. The third-order valence-corrected chi connectivity index (χ3v) is 5.81. The van der Waals surface area contributed by atoms with E-state index >= 15 is 0 Å².